The molecular weight excluding hydrogens is 254 g/mol. The van der Waals surface area contributed by atoms with Gasteiger partial charge in [0.25, 0.3) is 5.91 Å². The van der Waals surface area contributed by atoms with Crippen molar-refractivity contribution in [1.29, 1.82) is 0 Å². The van der Waals surface area contributed by atoms with Crippen LogP contribution in [0.25, 0.3) is 0 Å². The van der Waals surface area contributed by atoms with Crippen LogP contribution in [0.2, 0.25) is 0 Å². The van der Waals surface area contributed by atoms with Crippen molar-refractivity contribution in [2.75, 3.05) is 0 Å². The second kappa shape index (κ2) is 5.28. The van der Waals surface area contributed by atoms with Crippen molar-refractivity contribution >= 4 is 18.3 Å². The number of carbonyl (C=O) groups is 1. The number of nitrogens with zero attached hydrogens (tertiary/aromatic N) is 1. The van der Waals surface area contributed by atoms with Gasteiger partial charge in [-0.05, 0) is 32.6 Å². The molecule has 2 saturated heterocycles. The molecule has 2 aliphatic rings. The average Bonchev–Trinajstić information content (AvgIpc) is 2.85. The molecular formula is C12H18ClN3O2. The first-order valence-corrected chi connectivity index (χ1v) is 6.21. The lowest BCUT2D eigenvalue weighted by molar-refractivity contribution is 0.0914. The zero-order valence-electron chi connectivity index (χ0n) is 10.3. The monoisotopic (exact) mass is 271 g/mol. The van der Waals surface area contributed by atoms with E-state index in [-0.39, 0.29) is 24.4 Å². The third-order valence-corrected chi connectivity index (χ3v) is 3.67. The molecule has 2 atom stereocenters. The molecule has 5 nitrogen and oxygen atoms in total. The highest BCUT2D eigenvalue weighted by atomic mass is 35.5. The third kappa shape index (κ3) is 2.67. The van der Waals surface area contributed by atoms with Gasteiger partial charge in [0, 0.05) is 24.2 Å². The number of nitrogens with one attached hydrogen (secondary N) is 2. The molecule has 0 aromatic carbocycles. The molecule has 3 heterocycles. The van der Waals surface area contributed by atoms with Crippen LogP contribution in [0, 0.1) is 6.92 Å². The molecule has 2 fully saturated rings. The molecule has 0 saturated carbocycles. The van der Waals surface area contributed by atoms with E-state index < -0.39 is 0 Å². The fourth-order valence-corrected chi connectivity index (χ4v) is 2.91. The van der Waals surface area contributed by atoms with Crippen LogP contribution in [-0.2, 0) is 0 Å². The Hall–Kier alpha value is -1.07. The van der Waals surface area contributed by atoms with Crippen LogP contribution in [-0.4, -0.2) is 29.2 Å². The summed E-state index contributed by atoms with van der Waals surface area (Å²) in [6.07, 6.45) is 4.53. The minimum absolute atomic E-state index is 0. The first-order chi connectivity index (χ1) is 8.20. The Labute approximate surface area is 112 Å². The first-order valence-electron chi connectivity index (χ1n) is 6.21. The molecule has 0 spiro atoms. The van der Waals surface area contributed by atoms with Gasteiger partial charge in [0.1, 0.15) is 5.76 Å². The van der Waals surface area contributed by atoms with Gasteiger partial charge < -0.3 is 15.2 Å². The predicted molar refractivity (Wildman–Crippen MR) is 68.9 cm³/mol. The molecule has 2 unspecified atom stereocenters. The Bertz CT molecular complexity index is 423. The summed E-state index contributed by atoms with van der Waals surface area (Å²) in [6, 6.07) is 3.11. The summed E-state index contributed by atoms with van der Waals surface area (Å²) in [5, 5.41) is 10.3. The lowest BCUT2D eigenvalue weighted by atomic mass is 10.00. The van der Waals surface area contributed by atoms with Crippen LogP contribution in [0.5, 0.6) is 0 Å². The van der Waals surface area contributed by atoms with Crippen molar-refractivity contribution in [1.82, 2.24) is 15.8 Å². The van der Waals surface area contributed by atoms with Gasteiger partial charge in [-0.3, -0.25) is 4.79 Å². The van der Waals surface area contributed by atoms with Crippen molar-refractivity contribution in [2.45, 2.75) is 50.7 Å². The molecule has 100 valence electrons. The van der Waals surface area contributed by atoms with Gasteiger partial charge in [-0.15, -0.1) is 12.4 Å². The molecule has 1 amide bonds. The van der Waals surface area contributed by atoms with E-state index in [1.54, 1.807) is 13.0 Å². The van der Waals surface area contributed by atoms with E-state index in [2.05, 4.69) is 15.8 Å². The fourth-order valence-electron chi connectivity index (χ4n) is 2.91. The molecule has 0 aliphatic carbocycles. The van der Waals surface area contributed by atoms with Gasteiger partial charge in [0.05, 0.1) is 0 Å². The number of hydrogen-bond donors (Lipinski definition) is 2. The maximum atomic E-state index is 11.9. The van der Waals surface area contributed by atoms with E-state index in [1.807, 2.05) is 0 Å². The Morgan fingerprint density at radius 3 is 2.67 bits per heavy atom. The molecule has 0 radical (unpaired) electrons. The van der Waals surface area contributed by atoms with E-state index in [1.165, 1.54) is 12.8 Å². The van der Waals surface area contributed by atoms with Gasteiger partial charge in [-0.1, -0.05) is 5.16 Å². The zero-order valence-corrected chi connectivity index (χ0v) is 11.1. The van der Waals surface area contributed by atoms with Crippen molar-refractivity contribution in [2.24, 2.45) is 0 Å². The molecule has 6 heteroatoms. The number of piperidine rings is 1. The number of halogens is 1. The Kier molecular flexibility index (Phi) is 3.92. The van der Waals surface area contributed by atoms with Crippen LogP contribution in [0.3, 0.4) is 0 Å². The lowest BCUT2D eigenvalue weighted by Gasteiger charge is -2.29. The number of hydrogen-bond acceptors (Lipinski definition) is 4. The van der Waals surface area contributed by atoms with Crippen molar-refractivity contribution in [3.8, 4) is 0 Å². The van der Waals surface area contributed by atoms with Crippen LogP contribution in [0.1, 0.15) is 41.9 Å². The maximum absolute atomic E-state index is 11.9. The highest BCUT2D eigenvalue weighted by Gasteiger charge is 2.34. The number of rotatable bonds is 2. The summed E-state index contributed by atoms with van der Waals surface area (Å²) in [7, 11) is 0. The van der Waals surface area contributed by atoms with Crippen LogP contribution in [0.4, 0.5) is 0 Å². The summed E-state index contributed by atoms with van der Waals surface area (Å²) in [5.74, 6) is 0.550. The van der Waals surface area contributed by atoms with Gasteiger partial charge in [0.2, 0.25) is 0 Å². The van der Waals surface area contributed by atoms with Gasteiger partial charge in [-0.25, -0.2) is 0 Å². The number of amides is 1. The van der Waals surface area contributed by atoms with E-state index in [0.717, 1.165) is 12.8 Å². The smallest absolute Gasteiger partial charge is 0.273 e. The van der Waals surface area contributed by atoms with Crippen molar-refractivity contribution in [3.05, 3.63) is 17.5 Å². The third-order valence-electron chi connectivity index (χ3n) is 3.67. The minimum atomic E-state index is -0.117. The molecule has 2 bridgehead atoms. The summed E-state index contributed by atoms with van der Waals surface area (Å²) in [4.78, 5) is 11.9. The van der Waals surface area contributed by atoms with Crippen LogP contribution >= 0.6 is 12.4 Å². The molecule has 3 rings (SSSR count). The minimum Gasteiger partial charge on any atom is -0.361 e. The highest BCUT2D eigenvalue weighted by molar-refractivity contribution is 5.92. The lowest BCUT2D eigenvalue weighted by Crippen LogP contribution is -2.48. The predicted octanol–water partition coefficient (Wildman–Crippen LogP) is 1.42. The standard InChI is InChI=1S/C12H17N3O2.ClH/c1-7-4-11(15-17-7)12(16)14-10-5-8-2-3-9(6-10)13-8;/h4,8-10,13H,2-3,5-6H2,1H3,(H,14,16);1H. The quantitative estimate of drug-likeness (QED) is 0.854. The Morgan fingerprint density at radius 1 is 1.44 bits per heavy atom. The SMILES string of the molecule is Cc1cc(C(=O)NC2CC3CCC(C2)N3)no1.Cl. The molecule has 18 heavy (non-hydrogen) atoms. The molecule has 1 aromatic rings. The largest absolute Gasteiger partial charge is 0.361 e. The maximum Gasteiger partial charge on any atom is 0.273 e. The molecule has 2 N–H and O–H groups in total. The van der Waals surface area contributed by atoms with E-state index >= 15 is 0 Å². The van der Waals surface area contributed by atoms with Gasteiger partial charge in [0.15, 0.2) is 5.69 Å². The topological polar surface area (TPSA) is 67.2 Å². The normalized spacial score (nSPS) is 29.7. The van der Waals surface area contributed by atoms with Crippen molar-refractivity contribution in [3.63, 3.8) is 0 Å². The van der Waals surface area contributed by atoms with E-state index in [0.29, 0.717) is 23.5 Å². The number of aromatic nitrogens is 1. The van der Waals surface area contributed by atoms with Gasteiger partial charge >= 0.3 is 0 Å². The fraction of sp³-hybridized carbons (Fsp3) is 0.667. The summed E-state index contributed by atoms with van der Waals surface area (Å²) >= 11 is 0. The van der Waals surface area contributed by atoms with E-state index in [9.17, 15) is 4.79 Å². The van der Waals surface area contributed by atoms with Crippen molar-refractivity contribution < 1.29 is 9.32 Å². The summed E-state index contributed by atoms with van der Waals surface area (Å²) in [6.45, 7) is 1.79. The summed E-state index contributed by atoms with van der Waals surface area (Å²) in [5.41, 5.74) is 0.383. The van der Waals surface area contributed by atoms with Crippen LogP contribution in [0.15, 0.2) is 10.6 Å². The zero-order chi connectivity index (χ0) is 11.8. The Morgan fingerprint density at radius 2 is 2.11 bits per heavy atom. The second-order valence-electron chi connectivity index (χ2n) is 5.10. The Balaban J connectivity index is 0.00000120. The van der Waals surface area contributed by atoms with Gasteiger partial charge in [-0.2, -0.15) is 0 Å². The number of aryl methyl sites for hydroxylation is 1. The summed E-state index contributed by atoms with van der Waals surface area (Å²) < 4.78 is 4.91. The number of fused-ring (bicyclic) bond motifs is 2. The molecule has 2 aliphatic heterocycles. The number of carbonyl (C=O) groups excluding carboxylic acids is 1. The first kappa shape index (κ1) is 13.4. The average molecular weight is 272 g/mol. The highest BCUT2D eigenvalue weighted by Crippen LogP contribution is 2.26. The molecule has 1 aromatic heterocycles. The second-order valence-corrected chi connectivity index (χ2v) is 5.10. The van der Waals surface area contributed by atoms with Crippen LogP contribution < -0.4 is 10.6 Å². The van der Waals surface area contributed by atoms with E-state index in [4.69, 9.17) is 4.52 Å².